The molecule has 0 aliphatic heterocycles. The van der Waals surface area contributed by atoms with Gasteiger partial charge in [-0.15, -0.1) is 0 Å². The first-order valence-electron chi connectivity index (χ1n) is 31.4. The molecule has 0 aliphatic rings. The number of rotatable bonds is 58. The summed E-state index contributed by atoms with van der Waals surface area (Å²) in [6, 6.07) is 0. The van der Waals surface area contributed by atoms with Gasteiger partial charge in [-0.2, -0.15) is 0 Å². The van der Waals surface area contributed by atoms with Crippen molar-refractivity contribution in [2.24, 2.45) is 5.92 Å². The third kappa shape index (κ3) is 57.2. The van der Waals surface area contributed by atoms with Gasteiger partial charge >= 0.3 is 17.9 Å². The van der Waals surface area contributed by atoms with Gasteiger partial charge in [-0.1, -0.05) is 323 Å². The van der Waals surface area contributed by atoms with Crippen LogP contribution in [-0.4, -0.2) is 37.2 Å². The van der Waals surface area contributed by atoms with E-state index in [9.17, 15) is 14.4 Å². The molecule has 0 aliphatic carbocycles. The Labute approximate surface area is 431 Å². The molecule has 0 saturated carbocycles. The summed E-state index contributed by atoms with van der Waals surface area (Å²) in [6.45, 7) is 9.09. The molecule has 0 aromatic rings. The number of ether oxygens (including phenoxy) is 3. The van der Waals surface area contributed by atoms with Gasteiger partial charge in [0.2, 0.25) is 0 Å². The minimum Gasteiger partial charge on any atom is -0.462 e. The first-order chi connectivity index (χ1) is 33.9. The lowest BCUT2D eigenvalue weighted by Gasteiger charge is -2.18. The molecule has 0 bridgehead atoms. The van der Waals surface area contributed by atoms with Gasteiger partial charge in [0.05, 0.1) is 0 Å². The topological polar surface area (TPSA) is 78.9 Å². The minimum atomic E-state index is -0.762. The van der Waals surface area contributed by atoms with E-state index in [1.807, 2.05) is 0 Å². The van der Waals surface area contributed by atoms with Crippen LogP contribution >= 0.6 is 0 Å². The zero-order chi connectivity index (χ0) is 50.2. The Morgan fingerprint density at radius 2 is 0.478 bits per heavy atom. The Morgan fingerprint density at radius 3 is 0.710 bits per heavy atom. The van der Waals surface area contributed by atoms with Gasteiger partial charge in [0.1, 0.15) is 13.2 Å². The largest absolute Gasteiger partial charge is 0.462 e. The fourth-order valence-corrected chi connectivity index (χ4v) is 9.81. The summed E-state index contributed by atoms with van der Waals surface area (Å²) >= 11 is 0. The SMILES string of the molecule is CCCCCCCCCCCCCCCCCCCCCC(=O)O[C@H](COC(=O)CCCCCCCCCCCCCCC)COC(=O)CCCCCCCCCCCCCCCCCCC(C)C. The Hall–Kier alpha value is -1.59. The van der Waals surface area contributed by atoms with Gasteiger partial charge in [-0.3, -0.25) is 14.4 Å². The van der Waals surface area contributed by atoms with E-state index in [0.717, 1.165) is 63.7 Å². The van der Waals surface area contributed by atoms with E-state index in [4.69, 9.17) is 14.2 Å². The van der Waals surface area contributed by atoms with E-state index in [1.165, 1.54) is 257 Å². The quantitative estimate of drug-likeness (QED) is 0.0343. The molecule has 0 unspecified atom stereocenters. The van der Waals surface area contributed by atoms with Gasteiger partial charge in [0, 0.05) is 19.3 Å². The third-order valence-electron chi connectivity index (χ3n) is 14.5. The monoisotopic (exact) mass is 975 g/mol. The molecule has 1 atom stereocenters. The summed E-state index contributed by atoms with van der Waals surface area (Å²) in [5, 5.41) is 0. The van der Waals surface area contributed by atoms with Crippen LogP contribution < -0.4 is 0 Å². The predicted octanol–water partition coefficient (Wildman–Crippen LogP) is 21.0. The zero-order valence-electron chi connectivity index (χ0n) is 47.3. The van der Waals surface area contributed by atoms with Crippen LogP contribution in [0.2, 0.25) is 0 Å². The molecule has 0 heterocycles. The fraction of sp³-hybridized carbons (Fsp3) is 0.952. The molecule has 0 aromatic heterocycles. The Morgan fingerprint density at radius 1 is 0.275 bits per heavy atom. The van der Waals surface area contributed by atoms with E-state index < -0.39 is 6.10 Å². The van der Waals surface area contributed by atoms with E-state index in [-0.39, 0.29) is 31.1 Å². The molecule has 6 heteroatoms. The van der Waals surface area contributed by atoms with Crippen LogP contribution in [0.4, 0.5) is 0 Å². The van der Waals surface area contributed by atoms with Crippen molar-refractivity contribution in [3.05, 3.63) is 0 Å². The lowest BCUT2D eigenvalue weighted by molar-refractivity contribution is -0.167. The van der Waals surface area contributed by atoms with Crippen molar-refractivity contribution in [3.8, 4) is 0 Å². The minimum absolute atomic E-state index is 0.0613. The number of hydrogen-bond acceptors (Lipinski definition) is 6. The lowest BCUT2D eigenvalue weighted by Crippen LogP contribution is -2.30. The van der Waals surface area contributed by atoms with Crippen LogP contribution in [0, 0.1) is 5.92 Å². The van der Waals surface area contributed by atoms with Crippen LogP contribution in [0.25, 0.3) is 0 Å². The summed E-state index contributed by atoms with van der Waals surface area (Å²) in [5.74, 6) is 0.0238. The highest BCUT2D eigenvalue weighted by Crippen LogP contribution is 2.19. The van der Waals surface area contributed by atoms with Gasteiger partial charge in [0.15, 0.2) is 6.10 Å². The molecule has 0 spiro atoms. The molecule has 69 heavy (non-hydrogen) atoms. The van der Waals surface area contributed by atoms with Crippen molar-refractivity contribution in [1.82, 2.24) is 0 Å². The first-order valence-corrected chi connectivity index (χ1v) is 31.4. The van der Waals surface area contributed by atoms with Crippen LogP contribution in [0.3, 0.4) is 0 Å². The first kappa shape index (κ1) is 67.4. The highest BCUT2D eigenvalue weighted by atomic mass is 16.6. The van der Waals surface area contributed by atoms with Crippen LogP contribution in [-0.2, 0) is 28.6 Å². The van der Waals surface area contributed by atoms with Crippen LogP contribution in [0.5, 0.6) is 0 Å². The van der Waals surface area contributed by atoms with Crippen molar-refractivity contribution in [2.45, 2.75) is 368 Å². The van der Waals surface area contributed by atoms with Crippen molar-refractivity contribution in [1.29, 1.82) is 0 Å². The van der Waals surface area contributed by atoms with E-state index in [0.29, 0.717) is 19.3 Å². The molecule has 0 rings (SSSR count). The lowest BCUT2D eigenvalue weighted by atomic mass is 10.0. The molecule has 0 radical (unpaired) electrons. The van der Waals surface area contributed by atoms with Crippen molar-refractivity contribution in [2.75, 3.05) is 13.2 Å². The molecule has 410 valence electrons. The maximum absolute atomic E-state index is 12.9. The molecular formula is C63H122O6. The third-order valence-corrected chi connectivity index (χ3v) is 14.5. The molecule has 0 amide bonds. The maximum Gasteiger partial charge on any atom is 0.306 e. The Kier molecular flexibility index (Phi) is 56.0. The standard InChI is InChI=1S/C63H122O6/c1-5-7-9-11-13-15-17-19-20-21-22-23-28-32-36-40-44-48-52-56-63(66)69-60(57-67-61(64)54-50-46-42-38-34-29-18-16-14-12-10-8-6-2)58-68-62(65)55-51-47-43-39-35-31-27-25-24-26-30-33-37-41-45-49-53-59(3)4/h59-60H,5-58H2,1-4H3/t60-/m1/s1. The summed E-state index contributed by atoms with van der Waals surface area (Å²) in [4.78, 5) is 38.2. The van der Waals surface area contributed by atoms with E-state index >= 15 is 0 Å². The average molecular weight is 976 g/mol. The summed E-state index contributed by atoms with van der Waals surface area (Å²) in [6.07, 6.45) is 63.9. The molecule has 0 aromatic carbocycles. The number of carbonyl (C=O) groups excluding carboxylic acids is 3. The van der Waals surface area contributed by atoms with Gasteiger partial charge in [-0.05, 0) is 25.2 Å². The van der Waals surface area contributed by atoms with Crippen molar-refractivity contribution in [3.63, 3.8) is 0 Å². The molecule has 0 fully saturated rings. The highest BCUT2D eigenvalue weighted by Gasteiger charge is 2.19. The van der Waals surface area contributed by atoms with Crippen LogP contribution in [0.1, 0.15) is 362 Å². The fourth-order valence-electron chi connectivity index (χ4n) is 9.81. The number of carbonyl (C=O) groups is 3. The molecule has 0 N–H and O–H groups in total. The van der Waals surface area contributed by atoms with Crippen LogP contribution in [0.15, 0.2) is 0 Å². The summed E-state index contributed by atoms with van der Waals surface area (Å²) < 4.78 is 16.9. The normalized spacial score (nSPS) is 12.0. The second-order valence-electron chi connectivity index (χ2n) is 22.2. The molecular weight excluding hydrogens is 853 g/mol. The highest BCUT2D eigenvalue weighted by molar-refractivity contribution is 5.71. The number of esters is 3. The summed E-state index contributed by atoms with van der Waals surface area (Å²) in [7, 11) is 0. The molecule has 0 saturated heterocycles. The average Bonchev–Trinajstić information content (AvgIpc) is 3.34. The second-order valence-corrected chi connectivity index (χ2v) is 22.2. The van der Waals surface area contributed by atoms with Gasteiger partial charge < -0.3 is 14.2 Å². The van der Waals surface area contributed by atoms with Crippen molar-refractivity contribution < 1.29 is 28.6 Å². The second kappa shape index (κ2) is 57.3. The smallest absolute Gasteiger partial charge is 0.306 e. The van der Waals surface area contributed by atoms with Crippen molar-refractivity contribution >= 4 is 17.9 Å². The zero-order valence-corrected chi connectivity index (χ0v) is 47.3. The summed E-state index contributed by atoms with van der Waals surface area (Å²) in [5.41, 5.74) is 0. The van der Waals surface area contributed by atoms with E-state index in [2.05, 4.69) is 27.7 Å². The van der Waals surface area contributed by atoms with Gasteiger partial charge in [-0.25, -0.2) is 0 Å². The number of hydrogen-bond donors (Lipinski definition) is 0. The molecule has 6 nitrogen and oxygen atoms in total. The van der Waals surface area contributed by atoms with E-state index in [1.54, 1.807) is 0 Å². The maximum atomic E-state index is 12.9. The predicted molar refractivity (Wildman–Crippen MR) is 298 cm³/mol. The Balaban J connectivity index is 4.26. The van der Waals surface area contributed by atoms with Gasteiger partial charge in [0.25, 0.3) is 0 Å². The Bertz CT molecular complexity index is 1040. The number of unbranched alkanes of at least 4 members (excludes halogenated alkanes) is 45.